The summed E-state index contributed by atoms with van der Waals surface area (Å²) < 4.78 is 0. The maximum Gasteiger partial charge on any atom is 0.152 e. The molecule has 0 aliphatic heterocycles. The molecule has 0 atom stereocenters. The number of aliphatic imine (C=N–C) groups is 1. The molecule has 0 bridgehead atoms. The van der Waals surface area contributed by atoms with E-state index >= 15 is 0 Å². The number of pyridine rings is 1. The summed E-state index contributed by atoms with van der Waals surface area (Å²) in [6, 6.07) is 1.62. The highest BCUT2D eigenvalue weighted by Gasteiger charge is 1.98. The SMILES string of the molecule is C=NC(=N)c1cncc(Cl)c1. The summed E-state index contributed by atoms with van der Waals surface area (Å²) >= 11 is 5.62. The van der Waals surface area contributed by atoms with E-state index in [4.69, 9.17) is 17.0 Å². The van der Waals surface area contributed by atoms with Gasteiger partial charge in [-0.1, -0.05) is 11.6 Å². The van der Waals surface area contributed by atoms with Gasteiger partial charge in [0.25, 0.3) is 0 Å². The van der Waals surface area contributed by atoms with Crippen LogP contribution in [0, 0.1) is 5.41 Å². The van der Waals surface area contributed by atoms with Gasteiger partial charge in [0.2, 0.25) is 0 Å². The van der Waals surface area contributed by atoms with Crippen molar-refractivity contribution in [3.63, 3.8) is 0 Å². The molecule has 0 saturated heterocycles. The second-order valence-corrected chi connectivity index (χ2v) is 2.33. The van der Waals surface area contributed by atoms with Gasteiger partial charge < -0.3 is 0 Å². The first-order chi connectivity index (χ1) is 5.24. The minimum absolute atomic E-state index is 0.0833. The molecule has 1 heterocycles. The lowest BCUT2D eigenvalue weighted by molar-refractivity contribution is 1.30. The number of nitrogens with zero attached hydrogens (tertiary/aromatic N) is 2. The van der Waals surface area contributed by atoms with E-state index in [0.29, 0.717) is 10.6 Å². The highest BCUT2D eigenvalue weighted by atomic mass is 35.5. The van der Waals surface area contributed by atoms with Crippen LogP contribution in [-0.4, -0.2) is 17.5 Å². The number of amidine groups is 1. The summed E-state index contributed by atoms with van der Waals surface area (Å²) in [5.74, 6) is 0.0833. The average Bonchev–Trinajstić information content (AvgIpc) is 2.03. The van der Waals surface area contributed by atoms with E-state index < -0.39 is 0 Å². The summed E-state index contributed by atoms with van der Waals surface area (Å²) in [7, 11) is 0. The van der Waals surface area contributed by atoms with Crippen molar-refractivity contribution < 1.29 is 0 Å². The number of hydrogen-bond acceptors (Lipinski definition) is 2. The van der Waals surface area contributed by atoms with E-state index in [9.17, 15) is 0 Å². The molecule has 0 saturated carbocycles. The molecular weight excluding hydrogens is 162 g/mol. The minimum Gasteiger partial charge on any atom is -0.282 e. The molecule has 1 aromatic rings. The normalized spacial score (nSPS) is 9.18. The molecule has 0 aromatic carbocycles. The number of halogens is 1. The molecule has 3 nitrogen and oxygen atoms in total. The van der Waals surface area contributed by atoms with Crippen molar-refractivity contribution in [2.75, 3.05) is 0 Å². The maximum absolute atomic E-state index is 7.25. The zero-order chi connectivity index (χ0) is 8.27. The summed E-state index contributed by atoms with van der Waals surface area (Å²) in [4.78, 5) is 7.23. The molecule has 0 radical (unpaired) electrons. The van der Waals surface area contributed by atoms with Gasteiger partial charge in [0, 0.05) is 18.0 Å². The molecule has 0 aliphatic rings. The van der Waals surface area contributed by atoms with Crippen LogP contribution in [0.15, 0.2) is 23.5 Å². The molecule has 1 aromatic heterocycles. The highest BCUT2D eigenvalue weighted by Crippen LogP contribution is 2.08. The third-order valence-corrected chi connectivity index (χ3v) is 1.34. The fraction of sp³-hybridized carbons (Fsp3) is 0. The van der Waals surface area contributed by atoms with Gasteiger partial charge in [0.05, 0.1) is 5.02 Å². The van der Waals surface area contributed by atoms with E-state index in [2.05, 4.69) is 16.7 Å². The predicted molar refractivity (Wildman–Crippen MR) is 45.6 cm³/mol. The Balaban J connectivity index is 3.05. The molecule has 1 rings (SSSR count). The second-order valence-electron chi connectivity index (χ2n) is 1.90. The zero-order valence-corrected chi connectivity index (χ0v) is 6.47. The molecule has 11 heavy (non-hydrogen) atoms. The Labute approximate surface area is 69.3 Å². The summed E-state index contributed by atoms with van der Waals surface area (Å²) in [5.41, 5.74) is 0.576. The Morgan fingerprint density at radius 1 is 1.64 bits per heavy atom. The van der Waals surface area contributed by atoms with Gasteiger partial charge in [-0.3, -0.25) is 10.4 Å². The van der Waals surface area contributed by atoms with Gasteiger partial charge in [0.15, 0.2) is 5.84 Å². The second kappa shape index (κ2) is 3.25. The van der Waals surface area contributed by atoms with Crippen LogP contribution in [0.5, 0.6) is 0 Å². The Kier molecular flexibility index (Phi) is 2.33. The van der Waals surface area contributed by atoms with Crippen molar-refractivity contribution in [3.05, 3.63) is 29.0 Å². The van der Waals surface area contributed by atoms with Gasteiger partial charge in [-0.05, 0) is 12.8 Å². The Morgan fingerprint density at radius 2 is 2.36 bits per heavy atom. The molecule has 4 heteroatoms. The molecule has 56 valence electrons. The summed E-state index contributed by atoms with van der Waals surface area (Å²) in [6.07, 6.45) is 3.02. The van der Waals surface area contributed by atoms with Crippen molar-refractivity contribution in [1.82, 2.24) is 4.98 Å². The number of nitrogens with one attached hydrogen (secondary N) is 1. The molecule has 0 fully saturated rings. The van der Waals surface area contributed by atoms with Crippen LogP contribution in [0.1, 0.15) is 5.56 Å². The van der Waals surface area contributed by atoms with Crippen molar-refractivity contribution in [1.29, 1.82) is 5.41 Å². The van der Waals surface area contributed by atoms with Crippen molar-refractivity contribution >= 4 is 24.2 Å². The first-order valence-corrected chi connectivity index (χ1v) is 3.28. The zero-order valence-electron chi connectivity index (χ0n) is 5.71. The molecule has 0 aliphatic carbocycles. The lowest BCUT2D eigenvalue weighted by atomic mass is 10.3. The van der Waals surface area contributed by atoms with E-state index in [0.717, 1.165) is 0 Å². The van der Waals surface area contributed by atoms with Crippen molar-refractivity contribution in [2.24, 2.45) is 4.99 Å². The Morgan fingerprint density at radius 3 is 2.91 bits per heavy atom. The first-order valence-electron chi connectivity index (χ1n) is 2.90. The van der Waals surface area contributed by atoms with E-state index in [1.165, 1.54) is 12.4 Å². The smallest absolute Gasteiger partial charge is 0.152 e. The Bertz CT molecular complexity index is 295. The lowest BCUT2D eigenvalue weighted by Crippen LogP contribution is -1.93. The molecule has 0 spiro atoms. The van der Waals surface area contributed by atoms with Crippen LogP contribution in [0.25, 0.3) is 0 Å². The largest absolute Gasteiger partial charge is 0.282 e. The van der Waals surface area contributed by atoms with Crippen LogP contribution >= 0.6 is 11.6 Å². The van der Waals surface area contributed by atoms with E-state index in [1.54, 1.807) is 6.07 Å². The van der Waals surface area contributed by atoms with E-state index in [-0.39, 0.29) is 5.84 Å². The van der Waals surface area contributed by atoms with Crippen LogP contribution < -0.4 is 0 Å². The van der Waals surface area contributed by atoms with Crippen LogP contribution in [0.4, 0.5) is 0 Å². The fourth-order valence-corrected chi connectivity index (χ4v) is 0.807. The maximum atomic E-state index is 7.25. The number of aromatic nitrogens is 1. The van der Waals surface area contributed by atoms with Crippen molar-refractivity contribution in [3.8, 4) is 0 Å². The van der Waals surface area contributed by atoms with Crippen LogP contribution in [0.3, 0.4) is 0 Å². The standard InChI is InChI=1S/C7H6ClN3/c1-10-7(9)5-2-6(8)4-11-3-5/h2-4,9H,1H2. The average molecular weight is 168 g/mol. The Hall–Kier alpha value is -1.22. The topological polar surface area (TPSA) is 49.1 Å². The summed E-state index contributed by atoms with van der Waals surface area (Å²) in [5, 5.41) is 7.74. The van der Waals surface area contributed by atoms with Crippen molar-refractivity contribution in [2.45, 2.75) is 0 Å². The number of hydrogen-bond donors (Lipinski definition) is 1. The fourth-order valence-electron chi connectivity index (χ4n) is 0.633. The van der Waals surface area contributed by atoms with Gasteiger partial charge in [-0.2, -0.15) is 0 Å². The first kappa shape index (κ1) is 7.88. The highest BCUT2D eigenvalue weighted by molar-refractivity contribution is 6.30. The van der Waals surface area contributed by atoms with Gasteiger partial charge in [-0.25, -0.2) is 4.99 Å². The van der Waals surface area contributed by atoms with Gasteiger partial charge in [-0.15, -0.1) is 0 Å². The third-order valence-electron chi connectivity index (χ3n) is 1.14. The number of rotatable bonds is 1. The molecule has 0 amide bonds. The predicted octanol–water partition coefficient (Wildman–Crippen LogP) is 1.76. The molecular formula is C7H6ClN3. The summed E-state index contributed by atoms with van der Waals surface area (Å²) in [6.45, 7) is 3.22. The molecule has 1 N–H and O–H groups in total. The molecule has 0 unspecified atom stereocenters. The van der Waals surface area contributed by atoms with E-state index in [1.807, 2.05) is 0 Å². The quantitative estimate of drug-likeness (QED) is 0.503. The van der Waals surface area contributed by atoms with Gasteiger partial charge in [0.1, 0.15) is 0 Å². The van der Waals surface area contributed by atoms with Gasteiger partial charge >= 0.3 is 0 Å². The minimum atomic E-state index is 0.0833. The third kappa shape index (κ3) is 1.85. The van der Waals surface area contributed by atoms with Crippen LogP contribution in [0.2, 0.25) is 5.02 Å². The monoisotopic (exact) mass is 167 g/mol. The lowest BCUT2D eigenvalue weighted by Gasteiger charge is -1.95. The van der Waals surface area contributed by atoms with Crippen LogP contribution in [-0.2, 0) is 0 Å².